The lowest BCUT2D eigenvalue weighted by Crippen LogP contribution is -2.14. The van der Waals surface area contributed by atoms with E-state index in [1.165, 1.54) is 6.07 Å². The van der Waals surface area contributed by atoms with Crippen molar-refractivity contribution in [1.29, 1.82) is 0 Å². The molecule has 1 nitrogen and oxygen atoms in total. The minimum Gasteiger partial charge on any atom is -0.324 e. The molecule has 19 heavy (non-hydrogen) atoms. The average molecular weight is 343 g/mol. The van der Waals surface area contributed by atoms with Gasteiger partial charge in [-0.1, -0.05) is 29.8 Å². The number of benzene rings is 2. The van der Waals surface area contributed by atoms with Crippen molar-refractivity contribution in [2.45, 2.75) is 19.4 Å². The maximum atomic E-state index is 13.2. The zero-order valence-corrected chi connectivity index (χ0v) is 12.8. The number of hydrogen-bond donors (Lipinski definition) is 1. The summed E-state index contributed by atoms with van der Waals surface area (Å²) >= 11 is 9.37. The molecule has 1 unspecified atom stereocenters. The summed E-state index contributed by atoms with van der Waals surface area (Å²) in [5, 5.41) is 0.675. The van der Waals surface area contributed by atoms with E-state index in [0.717, 1.165) is 16.7 Å². The highest BCUT2D eigenvalue weighted by molar-refractivity contribution is 9.10. The van der Waals surface area contributed by atoms with E-state index in [9.17, 15) is 4.39 Å². The molecule has 2 N–H and O–H groups in total. The molecule has 0 saturated carbocycles. The first-order valence-corrected chi connectivity index (χ1v) is 7.10. The number of aryl methyl sites for hydroxylation is 1. The highest BCUT2D eigenvalue weighted by Crippen LogP contribution is 2.26. The van der Waals surface area contributed by atoms with Gasteiger partial charge < -0.3 is 5.73 Å². The molecule has 0 fully saturated rings. The van der Waals surface area contributed by atoms with E-state index in [0.29, 0.717) is 15.9 Å². The smallest absolute Gasteiger partial charge is 0.137 e. The van der Waals surface area contributed by atoms with Crippen LogP contribution in [-0.4, -0.2) is 0 Å². The molecule has 100 valence electrons. The van der Waals surface area contributed by atoms with E-state index in [2.05, 4.69) is 15.9 Å². The number of halogens is 3. The lowest BCUT2D eigenvalue weighted by atomic mass is 9.99. The van der Waals surface area contributed by atoms with Gasteiger partial charge in [0.15, 0.2) is 0 Å². The Labute approximate surface area is 125 Å². The lowest BCUT2D eigenvalue weighted by molar-refractivity contribution is 0.618. The van der Waals surface area contributed by atoms with Crippen LogP contribution in [0.1, 0.15) is 22.7 Å². The van der Waals surface area contributed by atoms with Gasteiger partial charge in [0.1, 0.15) is 5.82 Å². The highest BCUT2D eigenvalue weighted by atomic mass is 79.9. The Morgan fingerprint density at radius 3 is 2.63 bits per heavy atom. The first-order chi connectivity index (χ1) is 8.97. The van der Waals surface area contributed by atoms with Gasteiger partial charge in [0.05, 0.1) is 4.47 Å². The minimum atomic E-state index is -0.273. The predicted octanol–water partition coefficient (Wildman–Crippen LogP) is 4.79. The molecule has 0 aromatic heterocycles. The average Bonchev–Trinajstić information content (AvgIpc) is 2.33. The van der Waals surface area contributed by atoms with Crippen LogP contribution in [0.4, 0.5) is 4.39 Å². The normalized spacial score (nSPS) is 12.5. The van der Waals surface area contributed by atoms with Gasteiger partial charge >= 0.3 is 0 Å². The second-order valence-corrected chi connectivity index (χ2v) is 5.85. The molecule has 0 radical (unpaired) electrons. The Hall–Kier alpha value is -0.900. The minimum absolute atomic E-state index is 0.203. The molecule has 0 amide bonds. The maximum absolute atomic E-state index is 13.2. The first kappa shape index (κ1) is 14.5. The SMILES string of the molecule is Cc1ccc(C(N)Cc2ccc(F)c(Br)c2)c(Cl)c1. The van der Waals surface area contributed by atoms with Crippen molar-refractivity contribution in [2.24, 2.45) is 5.73 Å². The van der Waals surface area contributed by atoms with E-state index in [1.54, 1.807) is 12.1 Å². The molecule has 2 aromatic carbocycles. The summed E-state index contributed by atoms with van der Waals surface area (Å²) in [6.45, 7) is 1.98. The van der Waals surface area contributed by atoms with Crippen LogP contribution in [0.15, 0.2) is 40.9 Å². The summed E-state index contributed by atoms with van der Waals surface area (Å²) in [6, 6.07) is 10.5. The Morgan fingerprint density at radius 1 is 1.26 bits per heavy atom. The standard InChI is InChI=1S/C15H14BrClFN/c1-9-2-4-11(13(17)6-9)15(19)8-10-3-5-14(18)12(16)7-10/h2-7,15H,8,19H2,1H3. The summed E-state index contributed by atoms with van der Waals surface area (Å²) in [7, 11) is 0. The maximum Gasteiger partial charge on any atom is 0.137 e. The molecule has 0 spiro atoms. The highest BCUT2D eigenvalue weighted by Gasteiger charge is 2.12. The van der Waals surface area contributed by atoms with Crippen LogP contribution >= 0.6 is 27.5 Å². The molecule has 2 aromatic rings. The van der Waals surface area contributed by atoms with E-state index in [-0.39, 0.29) is 11.9 Å². The van der Waals surface area contributed by atoms with Gasteiger partial charge in [-0.3, -0.25) is 0 Å². The third-order valence-electron chi connectivity index (χ3n) is 3.00. The quantitative estimate of drug-likeness (QED) is 0.852. The monoisotopic (exact) mass is 341 g/mol. The van der Waals surface area contributed by atoms with Crippen LogP contribution in [-0.2, 0) is 6.42 Å². The Morgan fingerprint density at radius 2 is 2.00 bits per heavy atom. The van der Waals surface area contributed by atoms with Crippen molar-refractivity contribution in [2.75, 3.05) is 0 Å². The Bertz CT molecular complexity index is 601. The van der Waals surface area contributed by atoms with Gasteiger partial charge in [-0.15, -0.1) is 0 Å². The number of hydrogen-bond acceptors (Lipinski definition) is 1. The lowest BCUT2D eigenvalue weighted by Gasteiger charge is -2.14. The molecule has 0 aliphatic rings. The topological polar surface area (TPSA) is 26.0 Å². The Kier molecular flexibility index (Phi) is 4.61. The van der Waals surface area contributed by atoms with Gasteiger partial charge in [0.25, 0.3) is 0 Å². The second kappa shape index (κ2) is 6.04. The summed E-state index contributed by atoms with van der Waals surface area (Å²) in [5.41, 5.74) is 9.15. The van der Waals surface area contributed by atoms with Crippen LogP contribution in [0.5, 0.6) is 0 Å². The van der Waals surface area contributed by atoms with Crippen LogP contribution < -0.4 is 5.73 Å². The fraction of sp³-hybridized carbons (Fsp3) is 0.200. The van der Waals surface area contributed by atoms with E-state index >= 15 is 0 Å². The summed E-state index contributed by atoms with van der Waals surface area (Å²) < 4.78 is 13.6. The van der Waals surface area contributed by atoms with Gasteiger partial charge in [-0.2, -0.15) is 0 Å². The fourth-order valence-corrected chi connectivity index (χ4v) is 2.76. The van der Waals surface area contributed by atoms with Gasteiger partial charge in [-0.05, 0) is 64.2 Å². The van der Waals surface area contributed by atoms with Crippen molar-refractivity contribution < 1.29 is 4.39 Å². The van der Waals surface area contributed by atoms with Gasteiger partial charge in [-0.25, -0.2) is 4.39 Å². The predicted molar refractivity (Wildman–Crippen MR) is 80.9 cm³/mol. The van der Waals surface area contributed by atoms with Crippen LogP contribution in [0.25, 0.3) is 0 Å². The van der Waals surface area contributed by atoms with E-state index in [4.69, 9.17) is 17.3 Å². The molecule has 0 saturated heterocycles. The molecule has 0 heterocycles. The molecular weight excluding hydrogens is 329 g/mol. The molecule has 0 aliphatic heterocycles. The third-order valence-corrected chi connectivity index (χ3v) is 3.93. The van der Waals surface area contributed by atoms with E-state index < -0.39 is 0 Å². The van der Waals surface area contributed by atoms with Crippen LogP contribution in [0.3, 0.4) is 0 Å². The van der Waals surface area contributed by atoms with Crippen molar-refractivity contribution >= 4 is 27.5 Å². The van der Waals surface area contributed by atoms with Gasteiger partial charge in [0, 0.05) is 11.1 Å². The fourth-order valence-electron chi connectivity index (χ4n) is 1.96. The third kappa shape index (κ3) is 3.56. The summed E-state index contributed by atoms with van der Waals surface area (Å²) in [4.78, 5) is 0. The Balaban J connectivity index is 2.20. The summed E-state index contributed by atoms with van der Waals surface area (Å²) in [5.74, 6) is -0.273. The van der Waals surface area contributed by atoms with Crippen molar-refractivity contribution in [3.63, 3.8) is 0 Å². The molecular formula is C15H14BrClFN. The first-order valence-electron chi connectivity index (χ1n) is 5.93. The molecule has 4 heteroatoms. The second-order valence-electron chi connectivity index (χ2n) is 4.58. The van der Waals surface area contributed by atoms with Crippen molar-refractivity contribution in [3.05, 3.63) is 68.4 Å². The summed E-state index contributed by atoms with van der Waals surface area (Å²) in [6.07, 6.45) is 0.613. The van der Waals surface area contributed by atoms with Crippen molar-refractivity contribution in [3.8, 4) is 0 Å². The van der Waals surface area contributed by atoms with Crippen LogP contribution in [0.2, 0.25) is 5.02 Å². The molecule has 1 atom stereocenters. The zero-order chi connectivity index (χ0) is 14.0. The van der Waals surface area contributed by atoms with Crippen molar-refractivity contribution in [1.82, 2.24) is 0 Å². The molecule has 0 bridgehead atoms. The molecule has 0 aliphatic carbocycles. The van der Waals surface area contributed by atoms with E-state index in [1.807, 2.05) is 25.1 Å². The van der Waals surface area contributed by atoms with Gasteiger partial charge in [0.2, 0.25) is 0 Å². The zero-order valence-electron chi connectivity index (χ0n) is 10.5. The number of nitrogens with two attached hydrogens (primary N) is 1. The largest absolute Gasteiger partial charge is 0.324 e. The molecule has 2 rings (SSSR count). The number of rotatable bonds is 3. The van der Waals surface area contributed by atoms with Crippen LogP contribution in [0, 0.1) is 12.7 Å².